The number of nitrogens with zero attached hydrogens (tertiary/aromatic N) is 2. The van der Waals surface area contributed by atoms with Crippen LogP contribution in [0.5, 0.6) is 0 Å². The Morgan fingerprint density at radius 2 is 1.47 bits per heavy atom. The van der Waals surface area contributed by atoms with Crippen molar-refractivity contribution < 1.29 is 9.59 Å². The normalized spacial score (nSPS) is 10.7. The summed E-state index contributed by atoms with van der Waals surface area (Å²) < 4.78 is 1.20. The van der Waals surface area contributed by atoms with Crippen molar-refractivity contribution in [3.63, 3.8) is 0 Å². The Kier molecular flexibility index (Phi) is 6.70. The Balaban J connectivity index is 2.29. The van der Waals surface area contributed by atoms with E-state index in [9.17, 15) is 14.4 Å². The number of Topliss-reactive ketones (excluding diaryl/α,β-unsaturated/α-hetero) is 1. The molecule has 1 aromatic heterocycles. The fraction of sp³-hybridized carbons (Fsp3) is 0.182. The third-order valence-corrected chi connectivity index (χ3v) is 4.96. The molecular formula is C22H19Cl2N3O3. The molecule has 0 saturated heterocycles. The van der Waals surface area contributed by atoms with Crippen molar-refractivity contribution in [2.75, 3.05) is 6.54 Å². The highest BCUT2D eigenvalue weighted by Gasteiger charge is 2.23. The Hall–Kier alpha value is -2.96. The molecule has 2 aromatic carbocycles. The molecule has 0 aliphatic rings. The van der Waals surface area contributed by atoms with Gasteiger partial charge in [0.05, 0.1) is 17.8 Å². The standard InChI is InChI=1S/C22H19Cl2N3O3/c1-13(28)19-20(15-3-7-17(23)8-4-15)21(16-5-9-18(24)10-6-16)26-27(22(19)30)12-11-25-14(2)29/h3-10H,11-12H2,1-2H3,(H,25,29). The Morgan fingerprint density at radius 3 is 1.97 bits per heavy atom. The second kappa shape index (κ2) is 9.24. The lowest BCUT2D eigenvalue weighted by Crippen LogP contribution is -2.34. The number of halogens is 2. The molecular weight excluding hydrogens is 425 g/mol. The zero-order valence-corrected chi connectivity index (χ0v) is 17.9. The minimum absolute atomic E-state index is 0.0279. The van der Waals surface area contributed by atoms with Gasteiger partial charge in [-0.2, -0.15) is 5.10 Å². The highest BCUT2D eigenvalue weighted by molar-refractivity contribution is 6.31. The molecule has 0 fully saturated rings. The molecule has 30 heavy (non-hydrogen) atoms. The smallest absolute Gasteiger partial charge is 0.278 e. The van der Waals surface area contributed by atoms with E-state index in [1.807, 2.05) is 0 Å². The summed E-state index contributed by atoms with van der Waals surface area (Å²) in [7, 11) is 0. The number of aromatic nitrogens is 2. The number of carbonyl (C=O) groups is 2. The summed E-state index contributed by atoms with van der Waals surface area (Å²) in [5.41, 5.74) is 1.74. The summed E-state index contributed by atoms with van der Waals surface area (Å²) in [5.74, 6) is -0.596. The number of ketones is 1. The van der Waals surface area contributed by atoms with Crippen LogP contribution in [0, 0.1) is 0 Å². The van der Waals surface area contributed by atoms with Crippen molar-refractivity contribution in [1.82, 2.24) is 15.1 Å². The Labute approximate surface area is 183 Å². The van der Waals surface area contributed by atoms with Crippen molar-refractivity contribution in [2.45, 2.75) is 20.4 Å². The molecule has 0 aliphatic carbocycles. The summed E-state index contributed by atoms with van der Waals surface area (Å²) >= 11 is 12.0. The molecule has 0 aliphatic heterocycles. The van der Waals surface area contributed by atoms with Gasteiger partial charge in [-0.3, -0.25) is 14.4 Å². The molecule has 0 spiro atoms. The van der Waals surface area contributed by atoms with Gasteiger partial charge in [0.25, 0.3) is 5.56 Å². The molecule has 0 atom stereocenters. The molecule has 6 nitrogen and oxygen atoms in total. The van der Waals surface area contributed by atoms with Crippen LogP contribution in [-0.4, -0.2) is 28.0 Å². The summed E-state index contributed by atoms with van der Waals surface area (Å²) in [4.78, 5) is 36.8. The topological polar surface area (TPSA) is 81.1 Å². The molecule has 0 bridgehead atoms. The number of hydrogen-bond acceptors (Lipinski definition) is 4. The highest BCUT2D eigenvalue weighted by Crippen LogP contribution is 2.33. The van der Waals surface area contributed by atoms with E-state index in [-0.39, 0.29) is 30.3 Å². The van der Waals surface area contributed by atoms with E-state index in [1.54, 1.807) is 48.5 Å². The van der Waals surface area contributed by atoms with Crippen molar-refractivity contribution in [2.24, 2.45) is 0 Å². The first-order valence-corrected chi connectivity index (χ1v) is 9.96. The third kappa shape index (κ3) is 4.78. The zero-order chi connectivity index (χ0) is 21.8. The molecule has 1 heterocycles. The molecule has 0 unspecified atom stereocenters. The summed E-state index contributed by atoms with van der Waals surface area (Å²) in [6.45, 7) is 3.07. The van der Waals surface area contributed by atoms with E-state index < -0.39 is 5.56 Å². The number of rotatable bonds is 6. The largest absolute Gasteiger partial charge is 0.354 e. The lowest BCUT2D eigenvalue weighted by Gasteiger charge is -2.16. The van der Waals surface area contributed by atoms with Gasteiger partial charge in [-0.05, 0) is 36.8 Å². The van der Waals surface area contributed by atoms with Crippen molar-refractivity contribution in [3.05, 3.63) is 74.5 Å². The van der Waals surface area contributed by atoms with E-state index in [2.05, 4.69) is 10.4 Å². The summed E-state index contributed by atoms with van der Waals surface area (Å²) in [6.07, 6.45) is 0. The van der Waals surface area contributed by atoms with Crippen molar-refractivity contribution in [3.8, 4) is 22.4 Å². The molecule has 1 N–H and O–H groups in total. The van der Waals surface area contributed by atoms with E-state index in [0.29, 0.717) is 32.4 Å². The molecule has 154 valence electrons. The Morgan fingerprint density at radius 1 is 0.933 bits per heavy atom. The lowest BCUT2D eigenvalue weighted by molar-refractivity contribution is -0.119. The second-order valence-electron chi connectivity index (χ2n) is 6.68. The number of carbonyl (C=O) groups excluding carboxylic acids is 2. The number of hydrogen-bond donors (Lipinski definition) is 1. The predicted molar refractivity (Wildman–Crippen MR) is 118 cm³/mol. The van der Waals surface area contributed by atoms with Crippen LogP contribution < -0.4 is 10.9 Å². The number of nitrogens with one attached hydrogen (secondary N) is 1. The molecule has 3 rings (SSSR count). The van der Waals surface area contributed by atoms with Gasteiger partial charge in [0.2, 0.25) is 5.91 Å². The number of amides is 1. The first kappa shape index (κ1) is 21.7. The minimum atomic E-state index is -0.518. The summed E-state index contributed by atoms with van der Waals surface area (Å²) in [6, 6.07) is 13.8. The van der Waals surface area contributed by atoms with E-state index >= 15 is 0 Å². The van der Waals surface area contributed by atoms with Gasteiger partial charge in [-0.25, -0.2) is 4.68 Å². The SMILES string of the molecule is CC(=O)NCCn1nc(-c2ccc(Cl)cc2)c(-c2ccc(Cl)cc2)c(C(C)=O)c1=O. The Bertz CT molecular complexity index is 1150. The van der Waals surface area contributed by atoms with Crippen LogP contribution in [0.2, 0.25) is 10.0 Å². The van der Waals surface area contributed by atoms with E-state index in [1.165, 1.54) is 18.5 Å². The second-order valence-corrected chi connectivity index (χ2v) is 7.55. The quantitative estimate of drug-likeness (QED) is 0.578. The van der Waals surface area contributed by atoms with Gasteiger partial charge >= 0.3 is 0 Å². The van der Waals surface area contributed by atoms with Crippen LogP contribution in [0.25, 0.3) is 22.4 Å². The van der Waals surface area contributed by atoms with Crippen molar-refractivity contribution in [1.29, 1.82) is 0 Å². The first-order chi connectivity index (χ1) is 14.3. The van der Waals surface area contributed by atoms with E-state index in [0.717, 1.165) is 0 Å². The average Bonchev–Trinajstić information content (AvgIpc) is 2.69. The van der Waals surface area contributed by atoms with Crippen LogP contribution >= 0.6 is 23.2 Å². The van der Waals surface area contributed by atoms with Crippen LogP contribution in [0.4, 0.5) is 0 Å². The summed E-state index contributed by atoms with van der Waals surface area (Å²) in [5, 5.41) is 8.26. The van der Waals surface area contributed by atoms with Crippen LogP contribution in [0.15, 0.2) is 53.3 Å². The predicted octanol–water partition coefficient (Wildman–Crippen LogP) is 4.22. The molecule has 1 amide bonds. The van der Waals surface area contributed by atoms with Gasteiger partial charge in [-0.15, -0.1) is 0 Å². The van der Waals surface area contributed by atoms with Gasteiger partial charge in [0.15, 0.2) is 5.78 Å². The third-order valence-electron chi connectivity index (χ3n) is 4.46. The van der Waals surface area contributed by atoms with Gasteiger partial charge < -0.3 is 5.32 Å². The average molecular weight is 444 g/mol. The molecule has 8 heteroatoms. The fourth-order valence-corrected chi connectivity index (χ4v) is 3.35. The molecule has 0 radical (unpaired) electrons. The van der Waals surface area contributed by atoms with Gasteiger partial charge in [0, 0.05) is 34.6 Å². The lowest BCUT2D eigenvalue weighted by atomic mass is 9.94. The maximum Gasteiger partial charge on any atom is 0.278 e. The minimum Gasteiger partial charge on any atom is -0.354 e. The van der Waals surface area contributed by atoms with Crippen LogP contribution in [0.3, 0.4) is 0 Å². The maximum atomic E-state index is 13.1. The first-order valence-electron chi connectivity index (χ1n) is 9.20. The maximum absolute atomic E-state index is 13.1. The van der Waals surface area contributed by atoms with Crippen LogP contribution in [-0.2, 0) is 11.3 Å². The highest BCUT2D eigenvalue weighted by atomic mass is 35.5. The van der Waals surface area contributed by atoms with Crippen molar-refractivity contribution >= 4 is 34.9 Å². The number of benzene rings is 2. The molecule has 3 aromatic rings. The fourth-order valence-electron chi connectivity index (χ4n) is 3.09. The molecule has 0 saturated carbocycles. The van der Waals surface area contributed by atoms with Crippen LogP contribution in [0.1, 0.15) is 24.2 Å². The van der Waals surface area contributed by atoms with E-state index in [4.69, 9.17) is 23.2 Å². The monoisotopic (exact) mass is 443 g/mol. The zero-order valence-electron chi connectivity index (χ0n) is 16.4. The van der Waals surface area contributed by atoms with Gasteiger partial charge in [0.1, 0.15) is 0 Å². The van der Waals surface area contributed by atoms with Gasteiger partial charge in [-0.1, -0.05) is 47.5 Å².